The topological polar surface area (TPSA) is 0 Å². The second-order valence-corrected chi connectivity index (χ2v) is 9.18. The van der Waals surface area contributed by atoms with Gasteiger partial charge in [-0.1, -0.05) is 6.42 Å². The van der Waals surface area contributed by atoms with E-state index in [1.807, 2.05) is 0 Å². The SMILES string of the molecule is C[N+]1(CCCCCCC[N+]2(C)CCCCCC2)CCCCCC1.[I-].[I-]. The van der Waals surface area contributed by atoms with Gasteiger partial charge in [0.15, 0.2) is 0 Å². The van der Waals surface area contributed by atoms with Crippen molar-refractivity contribution in [1.29, 1.82) is 0 Å². The number of likely N-dealkylation sites (tertiary alicyclic amines) is 2. The molecule has 0 atom stereocenters. The molecule has 2 aliphatic heterocycles. The third-order valence-electron chi connectivity index (χ3n) is 6.69. The van der Waals surface area contributed by atoms with Crippen LogP contribution >= 0.6 is 0 Å². The molecule has 2 fully saturated rings. The highest BCUT2D eigenvalue weighted by molar-refractivity contribution is 4.54. The third-order valence-corrected chi connectivity index (χ3v) is 6.69. The Morgan fingerprint density at radius 3 is 1.04 bits per heavy atom. The van der Waals surface area contributed by atoms with Crippen molar-refractivity contribution in [3.05, 3.63) is 0 Å². The molecule has 0 radical (unpaired) electrons. The van der Waals surface area contributed by atoms with E-state index in [9.17, 15) is 0 Å². The molecule has 0 amide bonds. The van der Waals surface area contributed by atoms with Crippen LogP contribution in [0.4, 0.5) is 0 Å². The van der Waals surface area contributed by atoms with Crippen LogP contribution in [-0.4, -0.2) is 62.3 Å². The van der Waals surface area contributed by atoms with E-state index in [0.29, 0.717) is 0 Å². The van der Waals surface area contributed by atoms with Gasteiger partial charge in [-0.15, -0.1) is 0 Å². The Labute approximate surface area is 192 Å². The molecule has 0 aromatic carbocycles. The molecule has 0 saturated carbocycles. The molecule has 4 heteroatoms. The Morgan fingerprint density at radius 2 is 0.720 bits per heavy atom. The normalized spacial score (nSPS) is 22.8. The fourth-order valence-corrected chi connectivity index (χ4v) is 4.87. The predicted octanol–water partition coefficient (Wildman–Crippen LogP) is -1.01. The van der Waals surface area contributed by atoms with Crippen molar-refractivity contribution in [2.24, 2.45) is 0 Å². The van der Waals surface area contributed by atoms with Crippen molar-refractivity contribution < 1.29 is 56.9 Å². The summed E-state index contributed by atoms with van der Waals surface area (Å²) < 4.78 is 2.74. The molecule has 0 aromatic rings. The van der Waals surface area contributed by atoms with Crippen LogP contribution in [0.5, 0.6) is 0 Å². The van der Waals surface area contributed by atoms with E-state index < -0.39 is 0 Å². The largest absolute Gasteiger partial charge is 1.00 e. The van der Waals surface area contributed by atoms with Crippen molar-refractivity contribution in [3.63, 3.8) is 0 Å². The van der Waals surface area contributed by atoms with E-state index in [-0.39, 0.29) is 48.0 Å². The lowest BCUT2D eigenvalue weighted by Gasteiger charge is -2.34. The van der Waals surface area contributed by atoms with Crippen molar-refractivity contribution >= 4 is 0 Å². The molecule has 0 aromatic heterocycles. The molecule has 152 valence electrons. The first-order valence-corrected chi connectivity index (χ1v) is 10.8. The van der Waals surface area contributed by atoms with Crippen molar-refractivity contribution in [3.8, 4) is 0 Å². The monoisotopic (exact) mass is 578 g/mol. The number of quaternary nitrogens is 2. The molecule has 0 bridgehead atoms. The molecule has 25 heavy (non-hydrogen) atoms. The van der Waals surface area contributed by atoms with Crippen LogP contribution in [0.25, 0.3) is 0 Å². The summed E-state index contributed by atoms with van der Waals surface area (Å²) in [6.07, 6.45) is 19.1. The maximum Gasteiger partial charge on any atom is 0.0784 e. The van der Waals surface area contributed by atoms with Gasteiger partial charge >= 0.3 is 0 Å². The molecular formula is C21H44I2N2. The van der Waals surface area contributed by atoms with Crippen LogP contribution in [0.1, 0.15) is 83.5 Å². The minimum Gasteiger partial charge on any atom is -1.00 e. The summed E-state index contributed by atoms with van der Waals surface area (Å²) in [6, 6.07) is 0. The number of hydrogen-bond acceptors (Lipinski definition) is 0. The van der Waals surface area contributed by atoms with Crippen LogP contribution in [0.2, 0.25) is 0 Å². The van der Waals surface area contributed by atoms with Gasteiger partial charge < -0.3 is 56.9 Å². The summed E-state index contributed by atoms with van der Waals surface area (Å²) in [5.74, 6) is 0. The Morgan fingerprint density at radius 1 is 0.440 bits per heavy atom. The zero-order chi connectivity index (χ0) is 16.4. The van der Waals surface area contributed by atoms with Gasteiger partial charge in [-0.2, -0.15) is 0 Å². The average molecular weight is 578 g/mol. The average Bonchev–Trinajstić information content (AvgIpc) is 2.87. The number of unbranched alkanes of at least 4 members (excludes halogenated alkanes) is 4. The molecule has 2 aliphatic rings. The van der Waals surface area contributed by atoms with Crippen LogP contribution in [-0.2, 0) is 0 Å². The molecule has 2 nitrogen and oxygen atoms in total. The van der Waals surface area contributed by atoms with Gasteiger partial charge in [0.05, 0.1) is 53.4 Å². The standard InChI is InChI=1S/C21H44N2.2HI/c1-22(18-12-6-7-13-19-22)16-10-4-3-5-11-17-23(2)20-14-8-9-15-21-23;;/h3-21H2,1-2H3;2*1H/q+2;;/p-2. The molecule has 0 unspecified atom stereocenters. The van der Waals surface area contributed by atoms with Gasteiger partial charge in [0.2, 0.25) is 0 Å². The van der Waals surface area contributed by atoms with Crippen LogP contribution < -0.4 is 48.0 Å². The predicted molar refractivity (Wildman–Crippen MR) is 102 cm³/mol. The van der Waals surface area contributed by atoms with E-state index in [1.165, 1.54) is 132 Å². The summed E-state index contributed by atoms with van der Waals surface area (Å²) in [5.41, 5.74) is 0. The van der Waals surface area contributed by atoms with Gasteiger partial charge in [-0.25, -0.2) is 0 Å². The van der Waals surface area contributed by atoms with Crippen LogP contribution in [0.3, 0.4) is 0 Å². The second-order valence-electron chi connectivity index (χ2n) is 9.18. The van der Waals surface area contributed by atoms with Crippen LogP contribution in [0, 0.1) is 0 Å². The first-order valence-electron chi connectivity index (χ1n) is 10.8. The lowest BCUT2D eigenvalue weighted by atomic mass is 10.1. The van der Waals surface area contributed by atoms with E-state index in [4.69, 9.17) is 0 Å². The second kappa shape index (κ2) is 14.4. The summed E-state index contributed by atoms with van der Waals surface area (Å²) in [5, 5.41) is 0. The van der Waals surface area contributed by atoms with Crippen molar-refractivity contribution in [2.75, 3.05) is 53.4 Å². The van der Waals surface area contributed by atoms with E-state index >= 15 is 0 Å². The molecule has 0 spiro atoms. The first kappa shape index (κ1) is 26.4. The maximum atomic E-state index is 2.51. The summed E-state index contributed by atoms with van der Waals surface area (Å²) in [4.78, 5) is 0. The molecule has 2 heterocycles. The van der Waals surface area contributed by atoms with Gasteiger partial charge in [0.1, 0.15) is 0 Å². The molecule has 2 saturated heterocycles. The Bertz CT molecular complexity index is 277. The fraction of sp³-hybridized carbons (Fsp3) is 1.00. The quantitative estimate of drug-likeness (QED) is 0.197. The first-order chi connectivity index (χ1) is 11.1. The van der Waals surface area contributed by atoms with Gasteiger partial charge in [0.25, 0.3) is 0 Å². The highest BCUT2D eigenvalue weighted by Crippen LogP contribution is 2.19. The zero-order valence-electron chi connectivity index (χ0n) is 17.1. The lowest BCUT2D eigenvalue weighted by Crippen LogP contribution is -3.00. The fourth-order valence-electron chi connectivity index (χ4n) is 4.87. The number of nitrogens with zero attached hydrogens (tertiary/aromatic N) is 2. The van der Waals surface area contributed by atoms with Gasteiger partial charge in [-0.05, 0) is 77.0 Å². The van der Waals surface area contributed by atoms with Crippen molar-refractivity contribution in [2.45, 2.75) is 83.5 Å². The summed E-state index contributed by atoms with van der Waals surface area (Å²) >= 11 is 0. The molecule has 2 rings (SSSR count). The summed E-state index contributed by atoms with van der Waals surface area (Å²) in [6.45, 7) is 8.64. The minimum atomic E-state index is 0. The van der Waals surface area contributed by atoms with E-state index in [0.717, 1.165) is 0 Å². The number of halogens is 2. The number of rotatable bonds is 8. The van der Waals surface area contributed by atoms with E-state index in [1.54, 1.807) is 0 Å². The molecule has 0 N–H and O–H groups in total. The van der Waals surface area contributed by atoms with Gasteiger partial charge in [-0.3, -0.25) is 0 Å². The number of hydrogen-bond donors (Lipinski definition) is 0. The Hall–Kier alpha value is 1.38. The Balaban J connectivity index is 0.00000288. The summed E-state index contributed by atoms with van der Waals surface area (Å²) in [7, 11) is 5.02. The third kappa shape index (κ3) is 11.1. The van der Waals surface area contributed by atoms with Gasteiger partial charge in [0, 0.05) is 0 Å². The highest BCUT2D eigenvalue weighted by Gasteiger charge is 2.23. The Kier molecular flexibility index (Phi) is 15.2. The minimum absolute atomic E-state index is 0. The van der Waals surface area contributed by atoms with Crippen molar-refractivity contribution in [1.82, 2.24) is 0 Å². The van der Waals surface area contributed by atoms with E-state index in [2.05, 4.69) is 14.1 Å². The molecular weight excluding hydrogens is 534 g/mol. The van der Waals surface area contributed by atoms with Crippen LogP contribution in [0.15, 0.2) is 0 Å². The lowest BCUT2D eigenvalue weighted by molar-refractivity contribution is -0.909. The highest BCUT2D eigenvalue weighted by atomic mass is 127. The smallest absolute Gasteiger partial charge is 0.0784 e. The molecule has 0 aliphatic carbocycles. The maximum absolute atomic E-state index is 2.51. The zero-order valence-corrected chi connectivity index (χ0v) is 21.4.